The maximum atomic E-state index is 12.9. The van der Waals surface area contributed by atoms with Gasteiger partial charge in [0, 0.05) is 36.9 Å². The number of esters is 2. The zero-order chi connectivity index (χ0) is 30.1. The number of carboxylic acids is 1. The summed E-state index contributed by atoms with van der Waals surface area (Å²) in [7, 11) is 3.09. The van der Waals surface area contributed by atoms with Crippen molar-refractivity contribution in [2.24, 2.45) is 0 Å². The van der Waals surface area contributed by atoms with Crippen molar-refractivity contribution in [2.75, 3.05) is 14.2 Å². The van der Waals surface area contributed by atoms with Crippen molar-refractivity contribution in [1.82, 2.24) is 5.32 Å². The Balaban J connectivity index is 1.64. The van der Waals surface area contributed by atoms with Crippen LogP contribution >= 0.6 is 0 Å². The van der Waals surface area contributed by atoms with Crippen molar-refractivity contribution in [3.8, 4) is 17.2 Å². The molecule has 0 atom stereocenters. The first-order valence-electron chi connectivity index (χ1n) is 13.4. The lowest BCUT2D eigenvalue weighted by Gasteiger charge is -2.18. The molecule has 0 radical (unpaired) electrons. The lowest BCUT2D eigenvalue weighted by Crippen LogP contribution is -2.23. The lowest BCUT2D eigenvalue weighted by atomic mass is 9.91. The standard InChI is InChI=1S/C31H37NO9/c1-18(10-14-27(34)35)9-12-22-19(2)20(3)23-17-40-31(37)29(23)30(22)41-28(36)8-6-7-26(33)32-16-21-11-13-24(38-4)25(15-21)39-5/h9,11,13,15H,6-8,10,12,14,16-17H2,1-5H3,(H,32,33)(H,34,35). The summed E-state index contributed by atoms with van der Waals surface area (Å²) in [4.78, 5) is 48.8. The van der Waals surface area contributed by atoms with Gasteiger partial charge in [-0.15, -0.1) is 0 Å². The minimum Gasteiger partial charge on any atom is -0.493 e. The van der Waals surface area contributed by atoms with E-state index in [-0.39, 0.29) is 49.5 Å². The van der Waals surface area contributed by atoms with Crippen LogP contribution in [0, 0.1) is 13.8 Å². The summed E-state index contributed by atoms with van der Waals surface area (Å²) in [5.74, 6) is -0.870. The van der Waals surface area contributed by atoms with Crippen LogP contribution in [0.2, 0.25) is 0 Å². The lowest BCUT2D eigenvalue weighted by molar-refractivity contribution is -0.137. The highest BCUT2D eigenvalue weighted by Gasteiger charge is 2.32. The Labute approximate surface area is 239 Å². The molecule has 2 aromatic carbocycles. The number of aliphatic carboxylic acids is 1. The van der Waals surface area contributed by atoms with E-state index in [1.807, 2.05) is 32.9 Å². The second kappa shape index (κ2) is 14.3. The second-order valence-corrected chi connectivity index (χ2v) is 9.93. The number of amides is 1. The summed E-state index contributed by atoms with van der Waals surface area (Å²) in [6.07, 6.45) is 3.01. The monoisotopic (exact) mass is 567 g/mol. The topological polar surface area (TPSA) is 137 Å². The van der Waals surface area contributed by atoms with Gasteiger partial charge in [-0.3, -0.25) is 14.4 Å². The molecule has 1 aliphatic rings. The van der Waals surface area contributed by atoms with Crippen LogP contribution in [0.4, 0.5) is 0 Å². The molecule has 0 aliphatic carbocycles. The van der Waals surface area contributed by atoms with Gasteiger partial charge in [0.25, 0.3) is 0 Å². The minimum absolute atomic E-state index is 0.0145. The highest BCUT2D eigenvalue weighted by molar-refractivity contribution is 5.98. The number of fused-ring (bicyclic) bond motifs is 1. The van der Waals surface area contributed by atoms with Crippen molar-refractivity contribution in [3.63, 3.8) is 0 Å². The van der Waals surface area contributed by atoms with E-state index in [0.717, 1.165) is 22.3 Å². The molecular formula is C31H37NO9. The summed E-state index contributed by atoms with van der Waals surface area (Å²) in [5.41, 5.74) is 5.11. The molecule has 3 rings (SSSR count). The summed E-state index contributed by atoms with van der Waals surface area (Å²) in [5, 5.41) is 11.8. The molecule has 0 bridgehead atoms. The molecule has 0 fully saturated rings. The molecule has 1 aliphatic heterocycles. The molecule has 10 heteroatoms. The molecular weight excluding hydrogens is 530 g/mol. The Bertz CT molecular complexity index is 1360. The Kier molecular flexibility index (Phi) is 10.9. The molecule has 1 heterocycles. The van der Waals surface area contributed by atoms with E-state index < -0.39 is 17.9 Å². The Morgan fingerprint density at radius 3 is 2.44 bits per heavy atom. The number of hydrogen-bond donors (Lipinski definition) is 2. The van der Waals surface area contributed by atoms with Crippen LogP contribution in [0.1, 0.15) is 77.2 Å². The summed E-state index contributed by atoms with van der Waals surface area (Å²) >= 11 is 0. The SMILES string of the molecule is COc1ccc(CNC(=O)CCCC(=O)Oc2c(CC=C(C)CCC(=O)O)c(C)c(C)c3c2C(=O)OC3)cc1OC. The highest BCUT2D eigenvalue weighted by Crippen LogP contribution is 2.39. The van der Waals surface area contributed by atoms with Crippen molar-refractivity contribution in [3.05, 3.63) is 63.2 Å². The fraction of sp³-hybridized carbons (Fsp3) is 0.419. The molecule has 41 heavy (non-hydrogen) atoms. The third-order valence-electron chi connectivity index (χ3n) is 7.15. The maximum absolute atomic E-state index is 12.9. The third-order valence-corrected chi connectivity index (χ3v) is 7.15. The number of carbonyl (C=O) groups is 4. The number of rotatable bonds is 14. The molecule has 10 nitrogen and oxygen atoms in total. The van der Waals surface area contributed by atoms with Crippen molar-refractivity contribution in [1.29, 1.82) is 0 Å². The highest BCUT2D eigenvalue weighted by atomic mass is 16.6. The van der Waals surface area contributed by atoms with Gasteiger partial charge in [0.1, 0.15) is 17.9 Å². The van der Waals surface area contributed by atoms with Gasteiger partial charge in [-0.25, -0.2) is 4.79 Å². The van der Waals surface area contributed by atoms with Gasteiger partial charge in [0.15, 0.2) is 11.5 Å². The van der Waals surface area contributed by atoms with Gasteiger partial charge in [-0.05, 0) is 68.9 Å². The van der Waals surface area contributed by atoms with Gasteiger partial charge in [0.2, 0.25) is 5.91 Å². The summed E-state index contributed by atoms with van der Waals surface area (Å²) in [6, 6.07) is 5.37. The van der Waals surface area contributed by atoms with Crippen LogP contribution in [0.3, 0.4) is 0 Å². The molecule has 0 spiro atoms. The van der Waals surface area contributed by atoms with Crippen LogP contribution in [0.15, 0.2) is 29.8 Å². The fourth-order valence-electron chi connectivity index (χ4n) is 4.58. The van der Waals surface area contributed by atoms with Crippen LogP contribution < -0.4 is 19.5 Å². The second-order valence-electron chi connectivity index (χ2n) is 9.93. The zero-order valence-corrected chi connectivity index (χ0v) is 24.2. The van der Waals surface area contributed by atoms with Gasteiger partial charge in [-0.1, -0.05) is 17.7 Å². The maximum Gasteiger partial charge on any atom is 0.342 e. The first-order valence-corrected chi connectivity index (χ1v) is 13.4. The average molecular weight is 568 g/mol. The van der Waals surface area contributed by atoms with Gasteiger partial charge < -0.3 is 29.4 Å². The third kappa shape index (κ3) is 8.09. The van der Waals surface area contributed by atoms with Crippen molar-refractivity contribution >= 4 is 23.8 Å². The van der Waals surface area contributed by atoms with Gasteiger partial charge >= 0.3 is 17.9 Å². The molecule has 2 N–H and O–H groups in total. The van der Waals surface area contributed by atoms with Gasteiger partial charge in [-0.2, -0.15) is 0 Å². The van der Waals surface area contributed by atoms with E-state index in [1.54, 1.807) is 19.2 Å². The summed E-state index contributed by atoms with van der Waals surface area (Å²) in [6.45, 7) is 6.04. The summed E-state index contributed by atoms with van der Waals surface area (Å²) < 4.78 is 21.5. The molecule has 220 valence electrons. The van der Waals surface area contributed by atoms with E-state index in [9.17, 15) is 19.2 Å². The number of ether oxygens (including phenoxy) is 4. The molecule has 0 aromatic heterocycles. The predicted octanol–water partition coefficient (Wildman–Crippen LogP) is 4.74. The molecule has 0 saturated carbocycles. The zero-order valence-electron chi connectivity index (χ0n) is 24.2. The van der Waals surface area contributed by atoms with E-state index in [4.69, 9.17) is 24.1 Å². The normalized spacial score (nSPS) is 12.4. The minimum atomic E-state index is -0.880. The number of cyclic esters (lactones) is 1. The molecule has 0 saturated heterocycles. The van der Waals surface area contributed by atoms with Crippen LogP contribution in [-0.2, 0) is 38.7 Å². The first-order chi connectivity index (χ1) is 19.5. The average Bonchev–Trinajstić information content (AvgIpc) is 3.34. The van der Waals surface area contributed by atoms with Crippen LogP contribution in [0.25, 0.3) is 0 Å². The largest absolute Gasteiger partial charge is 0.493 e. The number of carbonyl (C=O) groups excluding carboxylic acids is 3. The number of benzene rings is 2. The predicted molar refractivity (Wildman–Crippen MR) is 150 cm³/mol. The van der Waals surface area contributed by atoms with E-state index in [1.165, 1.54) is 7.11 Å². The number of carboxylic acid groups (broad SMARTS) is 1. The number of methoxy groups -OCH3 is 2. The Morgan fingerprint density at radius 1 is 1.02 bits per heavy atom. The Hall–Kier alpha value is -4.34. The first kappa shape index (κ1) is 31.2. The van der Waals surface area contributed by atoms with Crippen molar-refractivity contribution in [2.45, 2.75) is 72.4 Å². The van der Waals surface area contributed by atoms with E-state index >= 15 is 0 Å². The van der Waals surface area contributed by atoms with E-state index in [2.05, 4.69) is 5.32 Å². The smallest absolute Gasteiger partial charge is 0.342 e. The van der Waals surface area contributed by atoms with E-state index in [0.29, 0.717) is 42.0 Å². The number of hydrogen-bond acceptors (Lipinski definition) is 8. The Morgan fingerprint density at radius 2 is 1.76 bits per heavy atom. The van der Waals surface area contributed by atoms with Crippen LogP contribution in [-0.4, -0.2) is 43.1 Å². The molecule has 2 aromatic rings. The fourth-order valence-corrected chi connectivity index (χ4v) is 4.58. The van der Waals surface area contributed by atoms with Crippen LogP contribution in [0.5, 0.6) is 17.2 Å². The van der Waals surface area contributed by atoms with Crippen molar-refractivity contribution < 1.29 is 43.2 Å². The molecule has 1 amide bonds. The number of allylic oxidation sites excluding steroid dienone is 2. The van der Waals surface area contributed by atoms with Gasteiger partial charge in [0.05, 0.1) is 14.2 Å². The number of nitrogens with one attached hydrogen (secondary N) is 1. The molecule has 0 unspecified atom stereocenters. The quantitative estimate of drug-likeness (QED) is 0.188.